The monoisotopic (exact) mass is 239 g/mol. The Morgan fingerprint density at radius 2 is 1.89 bits per heavy atom. The van der Waals surface area contributed by atoms with E-state index in [1.54, 1.807) is 18.6 Å². The summed E-state index contributed by atoms with van der Waals surface area (Å²) >= 11 is 0. The van der Waals surface area contributed by atoms with Gasteiger partial charge < -0.3 is 5.43 Å². The van der Waals surface area contributed by atoms with Crippen LogP contribution in [0.2, 0.25) is 0 Å². The summed E-state index contributed by atoms with van der Waals surface area (Å²) in [5, 5.41) is 5.34. The van der Waals surface area contributed by atoms with Crippen LogP contribution in [0.4, 0.5) is 5.69 Å². The van der Waals surface area contributed by atoms with E-state index in [1.165, 1.54) is 5.56 Å². The fraction of sp³-hybridized carbons (Fsp3) is 0.0769. The Balaban J connectivity index is 2.21. The molecule has 0 saturated carbocycles. The lowest BCUT2D eigenvalue weighted by Gasteiger charge is -2.05. The smallest absolute Gasteiger partial charge is 0.0945 e. The van der Waals surface area contributed by atoms with Crippen molar-refractivity contribution >= 4 is 16.6 Å². The van der Waals surface area contributed by atoms with Crippen LogP contribution >= 0.6 is 0 Å². The zero-order valence-corrected chi connectivity index (χ0v) is 9.96. The van der Waals surface area contributed by atoms with Gasteiger partial charge in [-0.2, -0.15) is 5.10 Å². The zero-order chi connectivity index (χ0) is 12.5. The van der Waals surface area contributed by atoms with E-state index in [0.29, 0.717) is 0 Å². The molecule has 0 fully saturated rings. The largest absolute Gasteiger partial charge is 0.322 e. The van der Waals surface area contributed by atoms with Gasteiger partial charge in [0.1, 0.15) is 0 Å². The SMILES string of the molecule is Cc1ccc(-n2ncc3c(NN)cncc32)cc1. The second kappa shape index (κ2) is 4.12. The van der Waals surface area contributed by atoms with Crippen molar-refractivity contribution < 1.29 is 0 Å². The fourth-order valence-electron chi connectivity index (χ4n) is 1.95. The van der Waals surface area contributed by atoms with Crippen molar-refractivity contribution in [2.24, 2.45) is 5.84 Å². The molecule has 2 heterocycles. The summed E-state index contributed by atoms with van der Waals surface area (Å²) in [6, 6.07) is 8.18. The van der Waals surface area contributed by atoms with Gasteiger partial charge >= 0.3 is 0 Å². The molecule has 0 saturated heterocycles. The van der Waals surface area contributed by atoms with E-state index in [0.717, 1.165) is 22.3 Å². The molecule has 3 aromatic rings. The number of aromatic nitrogens is 3. The number of nitrogens with one attached hydrogen (secondary N) is 1. The highest BCUT2D eigenvalue weighted by molar-refractivity contribution is 5.90. The lowest BCUT2D eigenvalue weighted by Crippen LogP contribution is -2.07. The van der Waals surface area contributed by atoms with Crippen LogP contribution in [0, 0.1) is 6.92 Å². The Labute approximate surface area is 104 Å². The van der Waals surface area contributed by atoms with Gasteiger partial charge in [-0.1, -0.05) is 17.7 Å². The molecule has 5 nitrogen and oxygen atoms in total. The van der Waals surface area contributed by atoms with Gasteiger partial charge in [0.15, 0.2) is 0 Å². The highest BCUT2D eigenvalue weighted by Crippen LogP contribution is 2.23. The summed E-state index contributed by atoms with van der Waals surface area (Å²) in [5.74, 6) is 5.46. The summed E-state index contributed by atoms with van der Waals surface area (Å²) in [4.78, 5) is 4.16. The maximum Gasteiger partial charge on any atom is 0.0945 e. The Morgan fingerprint density at radius 3 is 2.61 bits per heavy atom. The second-order valence-electron chi connectivity index (χ2n) is 4.16. The minimum atomic E-state index is 0.769. The standard InChI is InChI=1S/C13H13N5/c1-9-2-4-10(5-3-9)18-13-8-15-7-12(17-14)11(13)6-16-18/h2-8,17H,14H2,1H3. The van der Waals surface area contributed by atoms with Crippen molar-refractivity contribution in [3.63, 3.8) is 0 Å². The van der Waals surface area contributed by atoms with Crippen LogP contribution in [0.1, 0.15) is 5.56 Å². The zero-order valence-electron chi connectivity index (χ0n) is 9.96. The fourth-order valence-corrected chi connectivity index (χ4v) is 1.95. The predicted molar refractivity (Wildman–Crippen MR) is 71.4 cm³/mol. The molecule has 2 aromatic heterocycles. The summed E-state index contributed by atoms with van der Waals surface area (Å²) in [6.07, 6.45) is 5.25. The van der Waals surface area contributed by atoms with Crippen molar-refractivity contribution in [3.8, 4) is 5.69 Å². The minimum absolute atomic E-state index is 0.769. The molecule has 0 aliphatic heterocycles. The van der Waals surface area contributed by atoms with E-state index >= 15 is 0 Å². The van der Waals surface area contributed by atoms with Crippen LogP contribution in [0.5, 0.6) is 0 Å². The Bertz CT molecular complexity index is 684. The molecule has 0 amide bonds. The molecule has 0 spiro atoms. The molecule has 0 aliphatic rings. The van der Waals surface area contributed by atoms with E-state index in [-0.39, 0.29) is 0 Å². The quantitative estimate of drug-likeness (QED) is 0.530. The van der Waals surface area contributed by atoms with E-state index in [1.807, 2.05) is 16.8 Å². The van der Waals surface area contributed by atoms with Crippen molar-refractivity contribution in [2.45, 2.75) is 6.92 Å². The van der Waals surface area contributed by atoms with Crippen LogP contribution < -0.4 is 11.3 Å². The lowest BCUT2D eigenvalue weighted by molar-refractivity contribution is 0.908. The number of benzene rings is 1. The third-order valence-corrected chi connectivity index (χ3v) is 2.93. The first-order valence-electron chi connectivity index (χ1n) is 5.65. The topological polar surface area (TPSA) is 68.8 Å². The van der Waals surface area contributed by atoms with Crippen molar-refractivity contribution in [2.75, 3.05) is 5.43 Å². The van der Waals surface area contributed by atoms with E-state index in [9.17, 15) is 0 Å². The summed E-state index contributed by atoms with van der Waals surface area (Å²) < 4.78 is 1.85. The molecule has 0 atom stereocenters. The third-order valence-electron chi connectivity index (χ3n) is 2.93. The Hall–Kier alpha value is -2.40. The van der Waals surface area contributed by atoms with Gasteiger partial charge in [0.2, 0.25) is 0 Å². The maximum atomic E-state index is 5.46. The highest BCUT2D eigenvalue weighted by Gasteiger charge is 2.08. The Morgan fingerprint density at radius 1 is 1.11 bits per heavy atom. The van der Waals surface area contributed by atoms with E-state index in [2.05, 4.69) is 34.6 Å². The molecule has 3 rings (SSSR count). The molecular formula is C13H13N5. The van der Waals surface area contributed by atoms with Gasteiger partial charge in [0.25, 0.3) is 0 Å². The molecule has 18 heavy (non-hydrogen) atoms. The predicted octanol–water partition coefficient (Wildman–Crippen LogP) is 2.01. The van der Waals surface area contributed by atoms with Gasteiger partial charge in [-0.05, 0) is 19.1 Å². The van der Waals surface area contributed by atoms with Crippen LogP contribution in [0.25, 0.3) is 16.6 Å². The van der Waals surface area contributed by atoms with Gasteiger partial charge in [-0.25, -0.2) is 4.68 Å². The highest BCUT2D eigenvalue weighted by atomic mass is 15.3. The van der Waals surface area contributed by atoms with Gasteiger partial charge in [-0.15, -0.1) is 0 Å². The normalized spacial score (nSPS) is 10.8. The first-order chi connectivity index (χ1) is 8.79. The van der Waals surface area contributed by atoms with E-state index < -0.39 is 0 Å². The molecule has 0 aliphatic carbocycles. The number of nitrogens with two attached hydrogens (primary N) is 1. The molecule has 3 N–H and O–H groups in total. The molecular weight excluding hydrogens is 226 g/mol. The number of pyridine rings is 1. The first kappa shape index (κ1) is 10.7. The van der Waals surface area contributed by atoms with Crippen molar-refractivity contribution in [1.29, 1.82) is 0 Å². The number of hydrogen-bond donors (Lipinski definition) is 2. The minimum Gasteiger partial charge on any atom is -0.322 e. The summed E-state index contributed by atoms with van der Waals surface area (Å²) in [7, 11) is 0. The maximum absolute atomic E-state index is 5.46. The molecule has 90 valence electrons. The Kier molecular flexibility index (Phi) is 2.46. The molecule has 1 aromatic carbocycles. The van der Waals surface area contributed by atoms with Crippen LogP contribution in [0.15, 0.2) is 42.9 Å². The molecule has 0 bridgehead atoms. The van der Waals surface area contributed by atoms with Crippen molar-refractivity contribution in [3.05, 3.63) is 48.4 Å². The molecule has 0 radical (unpaired) electrons. The van der Waals surface area contributed by atoms with Crippen LogP contribution in [0.3, 0.4) is 0 Å². The average molecular weight is 239 g/mol. The number of anilines is 1. The molecule has 5 heteroatoms. The third kappa shape index (κ3) is 1.61. The van der Waals surface area contributed by atoms with Gasteiger partial charge in [0.05, 0.1) is 35.5 Å². The number of aryl methyl sites for hydroxylation is 1. The average Bonchev–Trinajstić information content (AvgIpc) is 2.83. The van der Waals surface area contributed by atoms with Gasteiger partial charge in [-0.3, -0.25) is 10.8 Å². The van der Waals surface area contributed by atoms with Crippen LogP contribution in [-0.2, 0) is 0 Å². The number of rotatable bonds is 2. The summed E-state index contributed by atoms with van der Waals surface area (Å²) in [6.45, 7) is 2.06. The van der Waals surface area contributed by atoms with Crippen molar-refractivity contribution in [1.82, 2.24) is 14.8 Å². The number of nitrogens with zero attached hydrogens (tertiary/aromatic N) is 3. The first-order valence-corrected chi connectivity index (χ1v) is 5.65. The lowest BCUT2D eigenvalue weighted by atomic mass is 10.2. The number of hydrazine groups is 1. The van der Waals surface area contributed by atoms with E-state index in [4.69, 9.17) is 5.84 Å². The number of hydrogen-bond acceptors (Lipinski definition) is 4. The van der Waals surface area contributed by atoms with Gasteiger partial charge in [0, 0.05) is 5.39 Å². The number of nitrogen functional groups attached to an aromatic ring is 1. The molecule has 0 unspecified atom stereocenters. The summed E-state index contributed by atoms with van der Waals surface area (Å²) in [5.41, 5.74) is 6.55. The second-order valence-corrected chi connectivity index (χ2v) is 4.16. The number of fused-ring (bicyclic) bond motifs is 1. The van der Waals surface area contributed by atoms with Crippen LogP contribution in [-0.4, -0.2) is 14.8 Å².